The monoisotopic (exact) mass is 327 g/mol. The molecule has 1 aromatic carbocycles. The first kappa shape index (κ1) is 15.6. The molecule has 2 amide bonds. The van der Waals surface area contributed by atoms with Crippen LogP contribution < -0.4 is 5.32 Å². The number of hydrogen-bond acceptors (Lipinski definition) is 3. The lowest BCUT2D eigenvalue weighted by atomic mass is 10.0. The number of rotatable bonds is 2. The van der Waals surface area contributed by atoms with Crippen LogP contribution in [0.2, 0.25) is 0 Å². The lowest BCUT2D eigenvalue weighted by Crippen LogP contribution is -2.57. The van der Waals surface area contributed by atoms with E-state index in [1.807, 2.05) is 15.9 Å². The lowest BCUT2D eigenvalue weighted by Gasteiger charge is -2.41. The van der Waals surface area contributed by atoms with Gasteiger partial charge in [-0.1, -0.05) is 6.07 Å². The molecule has 0 radical (unpaired) electrons. The van der Waals surface area contributed by atoms with Gasteiger partial charge < -0.3 is 15.1 Å². The summed E-state index contributed by atoms with van der Waals surface area (Å²) in [6, 6.07) is 6.36. The van der Waals surface area contributed by atoms with Crippen LogP contribution in [0.1, 0.15) is 40.7 Å². The number of amides is 2. The van der Waals surface area contributed by atoms with Crippen molar-refractivity contribution in [1.82, 2.24) is 15.1 Å². The molecule has 2 saturated heterocycles. The number of nitrogens with zero attached hydrogens (tertiary/aromatic N) is 2. The second-order valence-corrected chi connectivity index (χ2v) is 7.15. The first-order valence-electron chi connectivity index (χ1n) is 9.13. The standard InChI is InChI=1S/C19H25N3O2/c23-18-12-20-8-10-22(18)17-5-2-9-21(13-17)19(24)16-7-6-14-3-1-4-15(14)11-16/h6-7,11,17,20H,1-5,8-10,12-13H2. The molecule has 2 aliphatic heterocycles. The van der Waals surface area contributed by atoms with Crippen LogP contribution in [0.4, 0.5) is 0 Å². The molecule has 1 N–H and O–H groups in total. The molecule has 1 unspecified atom stereocenters. The highest BCUT2D eigenvalue weighted by Crippen LogP contribution is 2.25. The van der Waals surface area contributed by atoms with Crippen molar-refractivity contribution < 1.29 is 9.59 Å². The summed E-state index contributed by atoms with van der Waals surface area (Å²) < 4.78 is 0. The smallest absolute Gasteiger partial charge is 0.253 e. The first-order chi connectivity index (χ1) is 11.7. The fourth-order valence-electron chi connectivity index (χ4n) is 4.29. The van der Waals surface area contributed by atoms with Crippen molar-refractivity contribution in [3.8, 4) is 0 Å². The molecule has 0 saturated carbocycles. The molecular formula is C19H25N3O2. The number of fused-ring (bicyclic) bond motifs is 1. The lowest BCUT2D eigenvalue weighted by molar-refractivity contribution is -0.135. The summed E-state index contributed by atoms with van der Waals surface area (Å²) in [7, 11) is 0. The molecule has 1 aliphatic carbocycles. The van der Waals surface area contributed by atoms with Crippen LogP contribution in [-0.4, -0.2) is 60.4 Å². The van der Waals surface area contributed by atoms with Crippen molar-refractivity contribution >= 4 is 11.8 Å². The third-order valence-electron chi connectivity index (χ3n) is 5.60. The van der Waals surface area contributed by atoms with Gasteiger partial charge in [-0.15, -0.1) is 0 Å². The van der Waals surface area contributed by atoms with Crippen molar-refractivity contribution in [3.63, 3.8) is 0 Å². The summed E-state index contributed by atoms with van der Waals surface area (Å²) in [5.41, 5.74) is 3.55. The minimum atomic E-state index is 0.122. The van der Waals surface area contributed by atoms with Crippen LogP contribution in [0.3, 0.4) is 0 Å². The van der Waals surface area contributed by atoms with E-state index in [2.05, 4.69) is 17.4 Å². The number of piperidine rings is 1. The molecule has 1 atom stereocenters. The van der Waals surface area contributed by atoms with E-state index in [1.54, 1.807) is 0 Å². The van der Waals surface area contributed by atoms with E-state index in [9.17, 15) is 9.59 Å². The van der Waals surface area contributed by atoms with Crippen molar-refractivity contribution in [2.45, 2.75) is 38.1 Å². The molecule has 5 nitrogen and oxygen atoms in total. The molecule has 128 valence electrons. The van der Waals surface area contributed by atoms with Crippen LogP contribution in [0, 0.1) is 0 Å². The molecule has 0 bridgehead atoms. The van der Waals surface area contributed by atoms with E-state index >= 15 is 0 Å². The van der Waals surface area contributed by atoms with Crippen molar-refractivity contribution in [3.05, 3.63) is 34.9 Å². The van der Waals surface area contributed by atoms with Crippen molar-refractivity contribution in [2.75, 3.05) is 32.7 Å². The minimum absolute atomic E-state index is 0.122. The minimum Gasteiger partial charge on any atom is -0.337 e. The van der Waals surface area contributed by atoms with Gasteiger partial charge >= 0.3 is 0 Å². The first-order valence-corrected chi connectivity index (χ1v) is 9.13. The molecule has 4 rings (SSSR count). The van der Waals surface area contributed by atoms with Gasteiger partial charge in [-0.25, -0.2) is 0 Å². The normalized spacial score (nSPS) is 24.2. The third kappa shape index (κ3) is 2.93. The van der Waals surface area contributed by atoms with Crippen LogP contribution in [0.15, 0.2) is 18.2 Å². The second kappa shape index (κ2) is 6.55. The Bertz CT molecular complexity index is 658. The Morgan fingerprint density at radius 3 is 2.88 bits per heavy atom. The Balaban J connectivity index is 1.47. The van der Waals surface area contributed by atoms with E-state index in [0.29, 0.717) is 13.1 Å². The number of nitrogens with one attached hydrogen (secondary N) is 1. The zero-order valence-corrected chi connectivity index (χ0v) is 14.1. The quantitative estimate of drug-likeness (QED) is 0.888. The summed E-state index contributed by atoms with van der Waals surface area (Å²) in [5.74, 6) is 0.287. The average molecular weight is 327 g/mol. The highest BCUT2D eigenvalue weighted by atomic mass is 16.2. The van der Waals surface area contributed by atoms with Gasteiger partial charge in [-0.3, -0.25) is 9.59 Å². The van der Waals surface area contributed by atoms with E-state index in [4.69, 9.17) is 0 Å². The number of piperazine rings is 1. The van der Waals surface area contributed by atoms with Gasteiger partial charge in [0.05, 0.1) is 6.54 Å². The van der Waals surface area contributed by atoms with Crippen LogP contribution >= 0.6 is 0 Å². The van der Waals surface area contributed by atoms with E-state index in [0.717, 1.165) is 50.9 Å². The van der Waals surface area contributed by atoms with Crippen LogP contribution in [-0.2, 0) is 17.6 Å². The summed E-state index contributed by atoms with van der Waals surface area (Å²) >= 11 is 0. The van der Waals surface area contributed by atoms with Crippen molar-refractivity contribution in [2.24, 2.45) is 0 Å². The summed E-state index contributed by atoms with van der Waals surface area (Å²) in [4.78, 5) is 29.0. The van der Waals surface area contributed by atoms with Gasteiger partial charge in [0, 0.05) is 37.8 Å². The number of carbonyl (C=O) groups excluding carboxylic acids is 2. The Morgan fingerprint density at radius 2 is 2.00 bits per heavy atom. The SMILES string of the molecule is O=C(c1ccc2c(c1)CCC2)N1CCCC(N2CCNCC2=O)C1. The van der Waals surface area contributed by atoms with Crippen LogP contribution in [0.5, 0.6) is 0 Å². The number of carbonyl (C=O) groups is 2. The molecule has 0 aromatic heterocycles. The fraction of sp³-hybridized carbons (Fsp3) is 0.579. The maximum Gasteiger partial charge on any atom is 0.253 e. The van der Waals surface area contributed by atoms with Gasteiger partial charge in [0.1, 0.15) is 0 Å². The van der Waals surface area contributed by atoms with Gasteiger partial charge in [0.25, 0.3) is 5.91 Å². The topological polar surface area (TPSA) is 52.7 Å². The highest BCUT2D eigenvalue weighted by molar-refractivity contribution is 5.94. The fourth-order valence-corrected chi connectivity index (χ4v) is 4.29. The predicted octanol–water partition coefficient (Wildman–Crippen LogP) is 1.21. The predicted molar refractivity (Wildman–Crippen MR) is 92.0 cm³/mol. The molecule has 24 heavy (non-hydrogen) atoms. The van der Waals surface area contributed by atoms with E-state index in [-0.39, 0.29) is 17.9 Å². The zero-order valence-electron chi connectivity index (χ0n) is 14.1. The van der Waals surface area contributed by atoms with Gasteiger partial charge in [0.2, 0.25) is 5.91 Å². The number of likely N-dealkylation sites (tertiary alicyclic amines) is 1. The van der Waals surface area contributed by atoms with Gasteiger partial charge in [-0.2, -0.15) is 0 Å². The maximum absolute atomic E-state index is 12.9. The van der Waals surface area contributed by atoms with Gasteiger partial charge in [0.15, 0.2) is 0 Å². The molecule has 0 spiro atoms. The Labute approximate surface area is 143 Å². The molecule has 2 fully saturated rings. The summed E-state index contributed by atoms with van der Waals surface area (Å²) in [6.45, 7) is 3.50. The Morgan fingerprint density at radius 1 is 1.12 bits per heavy atom. The van der Waals surface area contributed by atoms with E-state index < -0.39 is 0 Å². The molecule has 3 aliphatic rings. The summed E-state index contributed by atoms with van der Waals surface area (Å²) in [5, 5.41) is 3.12. The molecule has 2 heterocycles. The Kier molecular flexibility index (Phi) is 4.27. The maximum atomic E-state index is 12.9. The highest BCUT2D eigenvalue weighted by Gasteiger charge is 2.32. The third-order valence-corrected chi connectivity index (χ3v) is 5.60. The molecule has 5 heteroatoms. The Hall–Kier alpha value is -1.88. The number of hydrogen-bond donors (Lipinski definition) is 1. The van der Waals surface area contributed by atoms with Gasteiger partial charge in [-0.05, 0) is 55.4 Å². The van der Waals surface area contributed by atoms with Crippen LogP contribution in [0.25, 0.3) is 0 Å². The second-order valence-electron chi connectivity index (χ2n) is 7.15. The average Bonchev–Trinajstić information content (AvgIpc) is 3.09. The van der Waals surface area contributed by atoms with E-state index in [1.165, 1.54) is 17.5 Å². The number of benzene rings is 1. The number of aryl methyl sites for hydroxylation is 2. The largest absolute Gasteiger partial charge is 0.337 e. The van der Waals surface area contributed by atoms with Crippen molar-refractivity contribution in [1.29, 1.82) is 0 Å². The summed E-state index contributed by atoms with van der Waals surface area (Å²) in [6.07, 6.45) is 5.40. The zero-order chi connectivity index (χ0) is 16.5. The molecule has 1 aromatic rings. The molecular weight excluding hydrogens is 302 g/mol.